The molecule has 1 aliphatic carbocycles. The molecule has 1 aliphatic heterocycles. The maximum atomic E-state index is 13.4. The Morgan fingerprint density at radius 1 is 0.977 bits per heavy atom. The maximum Gasteiger partial charge on any atom is 0.345 e. The van der Waals surface area contributed by atoms with Gasteiger partial charge in [-0.2, -0.15) is 8.78 Å². The number of aromatic nitrogens is 3. The third-order valence-corrected chi connectivity index (χ3v) is 7.72. The molecule has 0 radical (unpaired) electrons. The molecular weight excluding hydrogens is 568 g/mol. The van der Waals surface area contributed by atoms with Crippen molar-refractivity contribution in [1.29, 1.82) is 0 Å². The predicted octanol–water partition coefficient (Wildman–Crippen LogP) is 3.82. The summed E-state index contributed by atoms with van der Waals surface area (Å²) < 4.78 is 50.0. The van der Waals surface area contributed by atoms with Crippen molar-refractivity contribution in [3.63, 3.8) is 0 Å². The smallest absolute Gasteiger partial charge is 0.345 e. The van der Waals surface area contributed by atoms with Crippen molar-refractivity contribution in [2.45, 2.75) is 43.7 Å². The summed E-state index contributed by atoms with van der Waals surface area (Å²) in [4.78, 5) is 50.1. The van der Waals surface area contributed by atoms with E-state index in [4.69, 9.17) is 18.6 Å². The highest BCUT2D eigenvalue weighted by Crippen LogP contribution is 2.51. The van der Waals surface area contributed by atoms with Gasteiger partial charge in [0.25, 0.3) is 0 Å². The molecule has 13 heteroatoms. The molecule has 0 saturated heterocycles. The van der Waals surface area contributed by atoms with Gasteiger partial charge in [-0.05, 0) is 49.7 Å². The maximum absolute atomic E-state index is 13.4. The summed E-state index contributed by atoms with van der Waals surface area (Å²) in [6.07, 6.45) is 1.49. The van der Waals surface area contributed by atoms with Crippen molar-refractivity contribution in [2.24, 2.45) is 5.92 Å². The summed E-state index contributed by atoms with van der Waals surface area (Å²) in [6.45, 7) is 1.62. The van der Waals surface area contributed by atoms with E-state index in [1.165, 1.54) is 24.4 Å². The number of esters is 2. The molecule has 2 aliphatic rings. The van der Waals surface area contributed by atoms with Crippen molar-refractivity contribution < 1.29 is 42.1 Å². The van der Waals surface area contributed by atoms with Crippen LogP contribution in [0.4, 0.5) is 8.78 Å². The van der Waals surface area contributed by atoms with Crippen LogP contribution >= 0.6 is 0 Å². The minimum atomic E-state index is -1.46. The molecule has 43 heavy (non-hydrogen) atoms. The van der Waals surface area contributed by atoms with Crippen LogP contribution in [-0.4, -0.2) is 49.8 Å². The molecule has 5 atom stereocenters. The highest BCUT2D eigenvalue weighted by molar-refractivity contribution is 5.89. The second-order valence-corrected chi connectivity index (χ2v) is 10.4. The summed E-state index contributed by atoms with van der Waals surface area (Å²) >= 11 is 0. The molecule has 220 valence electrons. The van der Waals surface area contributed by atoms with E-state index in [1.54, 1.807) is 25.3 Å². The first kappa shape index (κ1) is 28.1. The lowest BCUT2D eigenvalue weighted by Crippen LogP contribution is -2.62. The first-order chi connectivity index (χ1) is 20.6. The molecule has 1 saturated carbocycles. The monoisotopic (exact) mass is 591 g/mol. The van der Waals surface area contributed by atoms with Crippen molar-refractivity contribution in [3.05, 3.63) is 106 Å². The fourth-order valence-electron chi connectivity index (χ4n) is 5.50. The fourth-order valence-corrected chi connectivity index (χ4v) is 5.50. The summed E-state index contributed by atoms with van der Waals surface area (Å²) in [5.74, 6) is -4.00. The highest BCUT2D eigenvalue weighted by Gasteiger charge is 2.58. The molecule has 1 N–H and O–H groups in total. The number of halogens is 2. The van der Waals surface area contributed by atoms with Crippen LogP contribution < -0.4 is 10.4 Å². The molecule has 2 unspecified atom stereocenters. The van der Waals surface area contributed by atoms with Crippen LogP contribution in [0.3, 0.4) is 0 Å². The Hall–Kier alpha value is -5.04. The average molecular weight is 592 g/mol. The normalized spacial score (nSPS) is 24.2. The van der Waals surface area contributed by atoms with Gasteiger partial charge in [-0.15, -0.1) is 0 Å². The first-order valence-corrected chi connectivity index (χ1v) is 13.2. The molecule has 0 aromatic carbocycles. The van der Waals surface area contributed by atoms with Crippen LogP contribution in [-0.2, 0) is 9.47 Å². The van der Waals surface area contributed by atoms with Crippen LogP contribution in [0, 0.1) is 17.8 Å². The third kappa shape index (κ3) is 5.34. The van der Waals surface area contributed by atoms with E-state index in [0.29, 0.717) is 5.56 Å². The number of carbonyl (C=O) groups excluding carboxylic acids is 2. The predicted molar refractivity (Wildman–Crippen MR) is 142 cm³/mol. The first-order valence-electron chi connectivity index (χ1n) is 13.2. The number of pyridine rings is 3. The number of aliphatic hydroxyl groups excluding tert-OH is 1. The van der Waals surface area contributed by atoms with Crippen LogP contribution in [0.15, 0.2) is 76.5 Å². The van der Waals surface area contributed by atoms with E-state index in [9.17, 15) is 28.3 Å². The summed E-state index contributed by atoms with van der Waals surface area (Å²) in [7, 11) is 0. The molecule has 4 aromatic rings. The Morgan fingerprint density at radius 3 is 2.26 bits per heavy atom. The van der Waals surface area contributed by atoms with Crippen LogP contribution in [0.5, 0.6) is 5.75 Å². The Kier molecular flexibility index (Phi) is 7.18. The van der Waals surface area contributed by atoms with E-state index < -0.39 is 59.3 Å². The summed E-state index contributed by atoms with van der Waals surface area (Å²) in [5.41, 5.74) is -1.98. The van der Waals surface area contributed by atoms with E-state index in [-0.39, 0.29) is 41.0 Å². The van der Waals surface area contributed by atoms with E-state index in [0.717, 1.165) is 24.5 Å². The third-order valence-electron chi connectivity index (χ3n) is 7.72. The average Bonchev–Trinajstić information content (AvgIpc) is 2.99. The topological polar surface area (TPSA) is 151 Å². The number of rotatable bonds is 5. The zero-order valence-corrected chi connectivity index (χ0v) is 22.5. The second kappa shape index (κ2) is 11.0. The van der Waals surface area contributed by atoms with Gasteiger partial charge in [0.05, 0.1) is 17.2 Å². The van der Waals surface area contributed by atoms with E-state index in [1.807, 2.05) is 0 Å². The Labute approximate surface area is 242 Å². The molecule has 5 heterocycles. The molecule has 6 rings (SSSR count). The Balaban J connectivity index is 1.36. The van der Waals surface area contributed by atoms with E-state index in [2.05, 4.69) is 15.0 Å². The SMILES string of the molecule is C[C@@]12Oc3cc(-c4cccnc4)oc(=O)c3C(O)C1C[C@@H](OC(=O)c1ccc(F)nc1)C[C@H]2OC(=O)c1ccc(F)nc1. The van der Waals surface area contributed by atoms with Gasteiger partial charge >= 0.3 is 17.6 Å². The van der Waals surface area contributed by atoms with Gasteiger partial charge in [-0.1, -0.05) is 0 Å². The minimum absolute atomic E-state index is 0.00736. The number of hydrogen-bond donors (Lipinski definition) is 1. The molecule has 0 spiro atoms. The molecule has 1 fully saturated rings. The van der Waals surface area contributed by atoms with E-state index >= 15 is 0 Å². The van der Waals surface area contributed by atoms with Gasteiger partial charge in [0.1, 0.15) is 34.9 Å². The number of fused-ring (bicyclic) bond motifs is 2. The fraction of sp³-hybridized carbons (Fsp3) is 0.267. The standard InChI is InChI=1S/C30H23F2N3O8/c1-30-19(26(36)25-21(43-30)11-20(41-29(25)39)15-3-2-8-33-12-15)9-18(40-27(37)16-4-6-23(31)34-13-16)10-22(30)42-28(38)17-5-7-24(32)35-14-17/h2-8,11-14,18-19,22,26,36H,9-10H2,1H3/t18-,19?,22-,26?,30-/m1/s1. The van der Waals surface area contributed by atoms with Crippen LogP contribution in [0.25, 0.3) is 11.3 Å². The number of carbonyl (C=O) groups is 2. The number of hydrogen-bond acceptors (Lipinski definition) is 11. The van der Waals surface area contributed by atoms with Crippen molar-refractivity contribution in [3.8, 4) is 17.1 Å². The highest BCUT2D eigenvalue weighted by atomic mass is 19.1. The van der Waals surface area contributed by atoms with Gasteiger partial charge in [0, 0.05) is 48.8 Å². The molecule has 11 nitrogen and oxygen atoms in total. The zero-order chi connectivity index (χ0) is 30.3. The van der Waals surface area contributed by atoms with Gasteiger partial charge in [0.2, 0.25) is 11.9 Å². The lowest BCUT2D eigenvalue weighted by atomic mass is 9.67. The molecule has 4 aromatic heterocycles. The summed E-state index contributed by atoms with van der Waals surface area (Å²) in [6, 6.07) is 9.20. The van der Waals surface area contributed by atoms with Gasteiger partial charge in [0.15, 0.2) is 0 Å². The number of ether oxygens (including phenoxy) is 3. The van der Waals surface area contributed by atoms with Crippen LogP contribution in [0.1, 0.15) is 52.1 Å². The lowest BCUT2D eigenvalue weighted by molar-refractivity contribution is -0.177. The van der Waals surface area contributed by atoms with Gasteiger partial charge in [-0.25, -0.2) is 24.4 Å². The number of aliphatic hydroxyl groups is 1. The second-order valence-electron chi connectivity index (χ2n) is 10.4. The largest absolute Gasteiger partial charge is 0.482 e. The Bertz CT molecular complexity index is 1730. The summed E-state index contributed by atoms with van der Waals surface area (Å²) in [5, 5.41) is 11.5. The zero-order valence-electron chi connectivity index (χ0n) is 22.5. The Morgan fingerprint density at radius 2 is 1.65 bits per heavy atom. The quantitative estimate of drug-likeness (QED) is 0.266. The molecule has 0 bridgehead atoms. The number of nitrogens with zero attached hydrogens (tertiary/aromatic N) is 3. The van der Waals surface area contributed by atoms with Crippen LogP contribution in [0.2, 0.25) is 0 Å². The molecular formula is C30H23F2N3O8. The lowest BCUT2D eigenvalue weighted by Gasteiger charge is -2.52. The molecule has 0 amide bonds. The van der Waals surface area contributed by atoms with Crippen molar-refractivity contribution >= 4 is 11.9 Å². The van der Waals surface area contributed by atoms with Gasteiger partial charge < -0.3 is 23.7 Å². The van der Waals surface area contributed by atoms with Crippen molar-refractivity contribution in [1.82, 2.24) is 15.0 Å². The van der Waals surface area contributed by atoms with Gasteiger partial charge in [-0.3, -0.25) is 4.98 Å². The van der Waals surface area contributed by atoms with Crippen molar-refractivity contribution in [2.75, 3.05) is 0 Å². The minimum Gasteiger partial charge on any atom is -0.482 e.